The van der Waals surface area contributed by atoms with Crippen LogP contribution in [0, 0.1) is 27.7 Å². The second-order valence-corrected chi connectivity index (χ2v) is 14.7. The van der Waals surface area contributed by atoms with Gasteiger partial charge in [-0.25, -0.2) is 0 Å². The highest BCUT2D eigenvalue weighted by Crippen LogP contribution is 2.37. The van der Waals surface area contributed by atoms with E-state index in [4.69, 9.17) is 0 Å². The Kier molecular flexibility index (Phi) is 9.92. The molecule has 4 aromatic carbocycles. The summed E-state index contributed by atoms with van der Waals surface area (Å²) in [6.07, 6.45) is 7.82. The summed E-state index contributed by atoms with van der Waals surface area (Å²) in [5.74, 6) is 0. The first-order chi connectivity index (χ1) is 17.5. The molecule has 0 aromatic heterocycles. The van der Waals surface area contributed by atoms with Crippen molar-refractivity contribution in [3.05, 3.63) is 119 Å². The van der Waals surface area contributed by atoms with Gasteiger partial charge in [0.05, 0.1) is 0 Å². The highest BCUT2D eigenvalue weighted by atomic mass is 31.1. The highest BCUT2D eigenvalue weighted by Gasteiger charge is 2.15. The maximum Gasteiger partial charge on any atom is -0.0195 e. The van der Waals surface area contributed by atoms with E-state index in [-0.39, 0.29) is 15.8 Å². The van der Waals surface area contributed by atoms with Crippen molar-refractivity contribution in [1.82, 2.24) is 0 Å². The van der Waals surface area contributed by atoms with Crippen molar-refractivity contribution in [3.63, 3.8) is 0 Å². The van der Waals surface area contributed by atoms with Crippen molar-refractivity contribution in [2.75, 3.05) is 12.3 Å². The molecule has 0 saturated carbocycles. The fraction of sp³-hybridized carbons (Fsp3) is 0.294. The number of unbranched alkanes of at least 4 members (excludes halogenated alkanes) is 3. The lowest BCUT2D eigenvalue weighted by atomic mass is 10.2. The van der Waals surface area contributed by atoms with Crippen LogP contribution in [0.1, 0.15) is 47.9 Å². The summed E-state index contributed by atoms with van der Waals surface area (Å²) in [7, 11) is -0.567. The van der Waals surface area contributed by atoms with Gasteiger partial charge in [-0.05, 0) is 89.9 Å². The van der Waals surface area contributed by atoms with E-state index >= 15 is 0 Å². The summed E-state index contributed by atoms with van der Waals surface area (Å²) in [6, 6.07) is 37.1. The molecule has 4 aromatic rings. The summed E-state index contributed by atoms with van der Waals surface area (Å²) in [5.41, 5.74) is 5.38. The normalized spacial score (nSPS) is 11.4. The van der Waals surface area contributed by atoms with Crippen LogP contribution in [0.2, 0.25) is 0 Å². The third-order valence-corrected chi connectivity index (χ3v) is 12.1. The summed E-state index contributed by atoms with van der Waals surface area (Å²) in [4.78, 5) is 0. The first-order valence-corrected chi connectivity index (χ1v) is 16.4. The highest BCUT2D eigenvalue weighted by molar-refractivity contribution is 7.73. The molecule has 0 bridgehead atoms. The summed E-state index contributed by atoms with van der Waals surface area (Å²) in [6.45, 7) is 8.72. The van der Waals surface area contributed by atoms with Gasteiger partial charge in [-0.3, -0.25) is 0 Å². The lowest BCUT2D eigenvalue weighted by Crippen LogP contribution is -2.15. The summed E-state index contributed by atoms with van der Waals surface area (Å²) < 4.78 is 0. The Hall–Kier alpha value is -2.26. The first-order valence-electron chi connectivity index (χ1n) is 13.3. The van der Waals surface area contributed by atoms with Gasteiger partial charge < -0.3 is 0 Å². The Labute approximate surface area is 221 Å². The van der Waals surface area contributed by atoms with Crippen molar-refractivity contribution in [2.45, 2.75) is 53.4 Å². The zero-order valence-electron chi connectivity index (χ0n) is 22.4. The predicted molar refractivity (Wildman–Crippen MR) is 165 cm³/mol. The van der Waals surface area contributed by atoms with Gasteiger partial charge in [0.2, 0.25) is 0 Å². The number of benzene rings is 4. The second-order valence-electron chi connectivity index (χ2n) is 10.1. The van der Waals surface area contributed by atoms with Gasteiger partial charge in [0.1, 0.15) is 0 Å². The fourth-order valence-corrected chi connectivity index (χ4v) is 9.35. The molecule has 0 unspecified atom stereocenters. The number of hydrogen-bond acceptors (Lipinski definition) is 0. The number of aryl methyl sites for hydroxylation is 4. The summed E-state index contributed by atoms with van der Waals surface area (Å²) in [5, 5.41) is 6.06. The van der Waals surface area contributed by atoms with Crippen molar-refractivity contribution in [2.24, 2.45) is 0 Å². The maximum atomic E-state index is 2.36. The summed E-state index contributed by atoms with van der Waals surface area (Å²) >= 11 is 0. The van der Waals surface area contributed by atoms with E-state index < -0.39 is 0 Å². The molecule has 0 amide bonds. The van der Waals surface area contributed by atoms with E-state index in [9.17, 15) is 0 Å². The zero-order valence-corrected chi connectivity index (χ0v) is 24.2. The van der Waals surface area contributed by atoms with Gasteiger partial charge in [-0.2, -0.15) is 0 Å². The largest absolute Gasteiger partial charge is 0.0587 e. The Morgan fingerprint density at radius 2 is 0.556 bits per heavy atom. The van der Waals surface area contributed by atoms with E-state index in [0.717, 1.165) is 0 Å². The zero-order chi connectivity index (χ0) is 25.3. The molecule has 0 aliphatic carbocycles. The van der Waals surface area contributed by atoms with Gasteiger partial charge in [-0.1, -0.05) is 132 Å². The molecule has 2 heteroatoms. The van der Waals surface area contributed by atoms with Crippen molar-refractivity contribution in [1.29, 1.82) is 0 Å². The van der Waals surface area contributed by atoms with Crippen LogP contribution in [-0.4, -0.2) is 12.3 Å². The van der Waals surface area contributed by atoms with Crippen LogP contribution in [0.4, 0.5) is 0 Å². The van der Waals surface area contributed by atoms with Crippen molar-refractivity contribution in [3.8, 4) is 0 Å². The monoisotopic (exact) mass is 510 g/mol. The third-order valence-electron chi connectivity index (χ3n) is 6.90. The molecule has 0 aliphatic rings. The van der Waals surface area contributed by atoms with Gasteiger partial charge in [0, 0.05) is 0 Å². The van der Waals surface area contributed by atoms with E-state index in [1.165, 1.54) is 81.5 Å². The van der Waals surface area contributed by atoms with Crippen LogP contribution in [0.25, 0.3) is 0 Å². The number of rotatable bonds is 11. The van der Waals surface area contributed by atoms with Crippen LogP contribution < -0.4 is 21.2 Å². The maximum absolute atomic E-state index is 2.36. The van der Waals surface area contributed by atoms with Crippen LogP contribution in [0.3, 0.4) is 0 Å². The predicted octanol–water partition coefficient (Wildman–Crippen LogP) is 8.05. The molecule has 4 rings (SSSR count). The van der Waals surface area contributed by atoms with E-state index in [2.05, 4.69) is 125 Å². The fourth-order valence-electron chi connectivity index (χ4n) is 4.61. The average Bonchev–Trinajstić information content (AvgIpc) is 2.89. The molecule has 0 nitrogen and oxygen atoms in total. The Bertz CT molecular complexity index is 1000. The van der Waals surface area contributed by atoms with Crippen LogP contribution in [-0.2, 0) is 0 Å². The second kappa shape index (κ2) is 13.3. The topological polar surface area (TPSA) is 0 Å². The van der Waals surface area contributed by atoms with E-state index in [1.807, 2.05) is 0 Å². The molecule has 0 saturated heterocycles. The molecule has 0 N–H and O–H groups in total. The van der Waals surface area contributed by atoms with Crippen LogP contribution in [0.15, 0.2) is 97.1 Å². The van der Waals surface area contributed by atoms with E-state index in [1.54, 1.807) is 0 Å². The first kappa shape index (κ1) is 26.8. The van der Waals surface area contributed by atoms with Gasteiger partial charge in [0.25, 0.3) is 0 Å². The lowest BCUT2D eigenvalue weighted by Gasteiger charge is -2.20. The molecule has 0 aliphatic heterocycles. The number of hydrogen-bond donors (Lipinski definition) is 0. The Morgan fingerprint density at radius 3 is 0.778 bits per heavy atom. The molecule has 0 fully saturated rings. The van der Waals surface area contributed by atoms with Crippen molar-refractivity contribution >= 4 is 37.1 Å². The molecule has 186 valence electrons. The van der Waals surface area contributed by atoms with Gasteiger partial charge >= 0.3 is 0 Å². The smallest absolute Gasteiger partial charge is 0.0195 e. The quantitative estimate of drug-likeness (QED) is 0.141. The average molecular weight is 511 g/mol. The van der Waals surface area contributed by atoms with Gasteiger partial charge in [0.15, 0.2) is 0 Å². The third kappa shape index (κ3) is 7.62. The minimum Gasteiger partial charge on any atom is -0.0587 e. The Balaban J connectivity index is 1.35. The minimum absolute atomic E-state index is 0.284. The van der Waals surface area contributed by atoms with E-state index in [0.29, 0.717) is 0 Å². The Morgan fingerprint density at radius 1 is 0.333 bits per heavy atom. The lowest BCUT2D eigenvalue weighted by molar-refractivity contribution is 0.709. The minimum atomic E-state index is -0.284. The van der Waals surface area contributed by atoms with Crippen LogP contribution in [0.5, 0.6) is 0 Å². The van der Waals surface area contributed by atoms with Crippen molar-refractivity contribution < 1.29 is 0 Å². The SMILES string of the molecule is Cc1ccc(P(CCCCCCP(c2ccc(C)cc2)c2ccc(C)cc2)c2ccc(C)cc2)cc1. The molecule has 0 atom stereocenters. The molecule has 0 spiro atoms. The molecule has 36 heavy (non-hydrogen) atoms. The molecular weight excluding hydrogens is 470 g/mol. The standard InChI is InChI=1S/C34H40P2/c1-27-9-17-31(18-10-27)35(32-19-11-28(2)12-20-32)25-7-5-6-8-26-36(33-21-13-29(3)14-22-33)34-23-15-30(4)16-24-34/h9-24H,5-8,25-26H2,1-4H3. The molecule has 0 heterocycles. The van der Waals surface area contributed by atoms with Gasteiger partial charge in [-0.15, -0.1) is 0 Å². The molecule has 0 radical (unpaired) electrons. The van der Waals surface area contributed by atoms with Crippen LogP contribution >= 0.6 is 15.8 Å². The molecular formula is C34H40P2.